The molecule has 1 aliphatic rings. The zero-order chi connectivity index (χ0) is 16.3. The van der Waals surface area contributed by atoms with Crippen molar-refractivity contribution in [2.75, 3.05) is 27.3 Å². The third kappa shape index (κ3) is 4.11. The van der Waals surface area contributed by atoms with Crippen LogP contribution in [0.2, 0.25) is 0 Å². The molecule has 1 N–H and O–H groups in total. The van der Waals surface area contributed by atoms with Gasteiger partial charge < -0.3 is 14.6 Å². The van der Waals surface area contributed by atoms with E-state index in [0.717, 1.165) is 25.9 Å². The molecule has 0 saturated carbocycles. The summed E-state index contributed by atoms with van der Waals surface area (Å²) in [5.41, 5.74) is 0.605. The second-order valence-electron chi connectivity index (χ2n) is 6.82. The first-order valence-electron chi connectivity index (χ1n) is 7.65. The summed E-state index contributed by atoms with van der Waals surface area (Å²) < 4.78 is 24.6. The van der Waals surface area contributed by atoms with Crippen LogP contribution in [0.1, 0.15) is 32.3 Å². The van der Waals surface area contributed by atoms with E-state index >= 15 is 0 Å². The second-order valence-corrected chi connectivity index (χ2v) is 6.82. The number of benzene rings is 1. The summed E-state index contributed by atoms with van der Waals surface area (Å²) in [7, 11) is 3.04. The van der Waals surface area contributed by atoms with Gasteiger partial charge in [-0.2, -0.15) is 0 Å². The number of nitrogens with zero attached hydrogens (tertiary/aromatic N) is 1. The maximum absolute atomic E-state index is 14.3. The number of hydrogen-bond donors (Lipinski definition) is 1. The van der Waals surface area contributed by atoms with Gasteiger partial charge in [-0.3, -0.25) is 4.90 Å². The van der Waals surface area contributed by atoms with Gasteiger partial charge in [0.15, 0.2) is 11.5 Å². The highest BCUT2D eigenvalue weighted by Crippen LogP contribution is 2.32. The van der Waals surface area contributed by atoms with Crippen LogP contribution >= 0.6 is 0 Å². The number of rotatable bonds is 4. The van der Waals surface area contributed by atoms with Crippen molar-refractivity contribution >= 4 is 0 Å². The molecule has 1 aromatic rings. The summed E-state index contributed by atoms with van der Waals surface area (Å²) in [5.74, 6) is 0.642. The molecule has 0 aliphatic carbocycles. The molecule has 1 heterocycles. The molecule has 124 valence electrons. The van der Waals surface area contributed by atoms with Crippen molar-refractivity contribution in [3.05, 3.63) is 23.5 Å². The smallest absolute Gasteiger partial charge is 0.163 e. The van der Waals surface area contributed by atoms with Crippen LogP contribution in [0.3, 0.4) is 0 Å². The van der Waals surface area contributed by atoms with E-state index in [4.69, 9.17) is 9.47 Å². The van der Waals surface area contributed by atoms with Gasteiger partial charge in [0.1, 0.15) is 5.82 Å². The minimum absolute atomic E-state index is 0.0168. The first-order chi connectivity index (χ1) is 10.3. The zero-order valence-corrected chi connectivity index (χ0v) is 13.9. The number of hydrogen-bond acceptors (Lipinski definition) is 4. The molecule has 2 rings (SSSR count). The first kappa shape index (κ1) is 17.0. The Hall–Kier alpha value is -1.33. The highest BCUT2D eigenvalue weighted by molar-refractivity contribution is 5.43. The van der Waals surface area contributed by atoms with Gasteiger partial charge in [0.25, 0.3) is 0 Å². The highest BCUT2D eigenvalue weighted by Gasteiger charge is 2.29. The predicted molar refractivity (Wildman–Crippen MR) is 83.8 cm³/mol. The monoisotopic (exact) mass is 311 g/mol. The number of methoxy groups -OCH3 is 2. The van der Waals surface area contributed by atoms with Gasteiger partial charge in [0, 0.05) is 31.3 Å². The number of halogens is 1. The Balaban J connectivity index is 2.19. The molecule has 5 heteroatoms. The second kappa shape index (κ2) is 6.84. The Bertz CT molecular complexity index is 519. The van der Waals surface area contributed by atoms with Crippen LogP contribution in [-0.4, -0.2) is 43.4 Å². The molecule has 0 bridgehead atoms. The lowest BCUT2D eigenvalue weighted by molar-refractivity contribution is 0.121. The molecule has 4 nitrogen and oxygen atoms in total. The van der Waals surface area contributed by atoms with E-state index in [0.29, 0.717) is 23.6 Å². The van der Waals surface area contributed by atoms with Crippen LogP contribution in [0.4, 0.5) is 4.39 Å². The Morgan fingerprint density at radius 1 is 1.27 bits per heavy atom. The molecule has 22 heavy (non-hydrogen) atoms. The fraction of sp³-hybridized carbons (Fsp3) is 0.647. The van der Waals surface area contributed by atoms with Gasteiger partial charge in [-0.15, -0.1) is 0 Å². The van der Waals surface area contributed by atoms with Gasteiger partial charge in [0.2, 0.25) is 0 Å². The van der Waals surface area contributed by atoms with E-state index in [1.54, 1.807) is 13.2 Å². The van der Waals surface area contributed by atoms with E-state index in [1.807, 2.05) is 0 Å². The fourth-order valence-corrected chi connectivity index (χ4v) is 3.21. The van der Waals surface area contributed by atoms with Crippen molar-refractivity contribution in [1.82, 2.24) is 4.90 Å². The molecule has 0 aromatic heterocycles. The topological polar surface area (TPSA) is 41.9 Å². The average Bonchev–Trinajstić information content (AvgIpc) is 2.57. The van der Waals surface area contributed by atoms with Crippen LogP contribution in [0.15, 0.2) is 12.1 Å². The average molecular weight is 311 g/mol. The largest absolute Gasteiger partial charge is 0.493 e. The molecule has 1 aromatic carbocycles. The van der Waals surface area contributed by atoms with Gasteiger partial charge in [0.05, 0.1) is 20.3 Å². The molecule has 0 spiro atoms. The Kier molecular flexibility index (Phi) is 5.29. The summed E-state index contributed by atoms with van der Waals surface area (Å²) in [6, 6.07) is 3.06. The molecule has 1 saturated heterocycles. The SMILES string of the molecule is COc1cc(F)c(CN2CCC(O)CC(C)(C)C2)cc1OC. The maximum atomic E-state index is 14.3. The summed E-state index contributed by atoms with van der Waals surface area (Å²) >= 11 is 0. The van der Waals surface area contributed by atoms with Crippen molar-refractivity contribution in [3.63, 3.8) is 0 Å². The molecule has 0 amide bonds. The fourth-order valence-electron chi connectivity index (χ4n) is 3.21. The van der Waals surface area contributed by atoms with Crippen molar-refractivity contribution in [3.8, 4) is 11.5 Å². The van der Waals surface area contributed by atoms with Crippen LogP contribution in [-0.2, 0) is 6.54 Å². The number of ether oxygens (including phenoxy) is 2. The number of aliphatic hydroxyl groups excluding tert-OH is 1. The van der Waals surface area contributed by atoms with E-state index in [2.05, 4.69) is 18.7 Å². The summed E-state index contributed by atoms with van der Waals surface area (Å²) in [5, 5.41) is 9.98. The predicted octanol–water partition coefficient (Wildman–Crippen LogP) is 2.83. The van der Waals surface area contributed by atoms with Gasteiger partial charge >= 0.3 is 0 Å². The molecule has 1 atom stereocenters. The van der Waals surface area contributed by atoms with E-state index in [-0.39, 0.29) is 17.3 Å². The van der Waals surface area contributed by atoms with Crippen LogP contribution in [0, 0.1) is 11.2 Å². The van der Waals surface area contributed by atoms with E-state index < -0.39 is 0 Å². The lowest BCUT2D eigenvalue weighted by Crippen LogP contribution is -2.32. The Morgan fingerprint density at radius 3 is 2.55 bits per heavy atom. The van der Waals surface area contributed by atoms with E-state index in [1.165, 1.54) is 13.2 Å². The molecule has 1 fully saturated rings. The first-order valence-corrected chi connectivity index (χ1v) is 7.65. The Labute approximate surface area is 131 Å². The van der Waals surface area contributed by atoms with Crippen LogP contribution in [0.25, 0.3) is 0 Å². The highest BCUT2D eigenvalue weighted by atomic mass is 19.1. The van der Waals surface area contributed by atoms with Gasteiger partial charge in [-0.1, -0.05) is 13.8 Å². The van der Waals surface area contributed by atoms with E-state index in [9.17, 15) is 9.50 Å². The number of aliphatic hydroxyl groups is 1. The lowest BCUT2D eigenvalue weighted by atomic mass is 9.87. The molecule has 1 unspecified atom stereocenters. The van der Waals surface area contributed by atoms with Crippen molar-refractivity contribution in [2.24, 2.45) is 5.41 Å². The third-order valence-corrected chi connectivity index (χ3v) is 4.16. The van der Waals surface area contributed by atoms with Crippen LogP contribution in [0.5, 0.6) is 11.5 Å². The summed E-state index contributed by atoms with van der Waals surface area (Å²) in [6.45, 7) is 6.37. The summed E-state index contributed by atoms with van der Waals surface area (Å²) in [4.78, 5) is 2.19. The van der Waals surface area contributed by atoms with Crippen molar-refractivity contribution in [1.29, 1.82) is 0 Å². The van der Waals surface area contributed by atoms with Crippen LogP contribution < -0.4 is 9.47 Å². The lowest BCUT2D eigenvalue weighted by Gasteiger charge is -2.30. The summed E-state index contributed by atoms with van der Waals surface area (Å²) in [6.07, 6.45) is 1.21. The quantitative estimate of drug-likeness (QED) is 0.928. The molecule has 0 radical (unpaired) electrons. The Morgan fingerprint density at radius 2 is 1.91 bits per heavy atom. The van der Waals surface area contributed by atoms with Crippen molar-refractivity contribution < 1.29 is 19.0 Å². The standard InChI is InChI=1S/C17H26FNO3/c1-17(2)9-13(20)5-6-19(11-17)10-12-7-15(21-3)16(22-4)8-14(12)18/h7-8,13,20H,5-6,9-11H2,1-4H3. The third-order valence-electron chi connectivity index (χ3n) is 4.16. The van der Waals surface area contributed by atoms with Gasteiger partial charge in [-0.25, -0.2) is 4.39 Å². The molecular formula is C17H26FNO3. The van der Waals surface area contributed by atoms with Gasteiger partial charge in [-0.05, 0) is 24.3 Å². The normalized spacial score (nSPS) is 22.2. The molecule has 1 aliphatic heterocycles. The minimum Gasteiger partial charge on any atom is -0.493 e. The molecular weight excluding hydrogens is 285 g/mol. The maximum Gasteiger partial charge on any atom is 0.163 e. The number of likely N-dealkylation sites (tertiary alicyclic amines) is 1. The minimum atomic E-state index is -0.291. The zero-order valence-electron chi connectivity index (χ0n) is 13.9. The van der Waals surface area contributed by atoms with Crippen molar-refractivity contribution in [2.45, 2.75) is 39.3 Å².